The van der Waals surface area contributed by atoms with Gasteiger partial charge in [0.05, 0.1) is 14.6 Å². The molecule has 0 spiro atoms. The highest BCUT2D eigenvalue weighted by Crippen LogP contribution is 2.37. The van der Waals surface area contributed by atoms with Crippen molar-refractivity contribution in [3.63, 3.8) is 0 Å². The Labute approximate surface area is 168 Å². The van der Waals surface area contributed by atoms with Crippen LogP contribution in [0, 0.1) is 0 Å². The van der Waals surface area contributed by atoms with Crippen LogP contribution in [0.15, 0.2) is 49.5 Å². The summed E-state index contributed by atoms with van der Waals surface area (Å²) in [4.78, 5) is 23.4. The summed E-state index contributed by atoms with van der Waals surface area (Å²) >= 11 is 10.1. The summed E-state index contributed by atoms with van der Waals surface area (Å²) in [5, 5.41) is 2.78. The monoisotopic (exact) mass is 529 g/mol. The second-order valence-corrected chi connectivity index (χ2v) is 7.74. The molecule has 0 aromatic heterocycles. The number of anilines is 1. The Bertz CT molecular complexity index is 901. The lowest BCUT2D eigenvalue weighted by molar-refractivity contribution is -0.132. The number of amides is 1. The van der Waals surface area contributed by atoms with Crippen molar-refractivity contribution in [1.82, 2.24) is 0 Å². The molecule has 128 valence electrons. The summed E-state index contributed by atoms with van der Waals surface area (Å²) in [5.74, 6) is 0.323. The van der Waals surface area contributed by atoms with E-state index in [0.717, 1.165) is 4.47 Å². The molecule has 2 aromatic carbocycles. The third-order valence-corrected chi connectivity index (χ3v) is 4.87. The van der Waals surface area contributed by atoms with Crippen molar-refractivity contribution in [2.45, 2.75) is 6.92 Å². The van der Waals surface area contributed by atoms with Crippen LogP contribution in [0.4, 0.5) is 5.69 Å². The van der Waals surface area contributed by atoms with E-state index in [1.165, 1.54) is 6.92 Å². The van der Waals surface area contributed by atoms with E-state index in [-0.39, 0.29) is 11.7 Å². The first kappa shape index (κ1) is 18.2. The number of carbonyl (C=O) groups is 2. The molecule has 0 atom stereocenters. The quantitative estimate of drug-likeness (QED) is 0.326. The normalized spacial score (nSPS) is 14.6. The maximum Gasteiger partial charge on any atom is 0.308 e. The number of fused-ring (bicyclic) bond motifs is 1. The smallest absolute Gasteiger partial charge is 0.308 e. The first-order valence-electron chi connectivity index (χ1n) is 7.01. The van der Waals surface area contributed by atoms with Crippen molar-refractivity contribution in [1.29, 1.82) is 0 Å². The number of carbonyl (C=O) groups excluding carboxylic acids is 2. The molecule has 0 saturated heterocycles. The van der Waals surface area contributed by atoms with E-state index in [9.17, 15) is 9.59 Å². The highest BCUT2D eigenvalue weighted by Gasteiger charge is 2.22. The van der Waals surface area contributed by atoms with Gasteiger partial charge in [0.15, 0.2) is 17.3 Å². The van der Waals surface area contributed by atoms with E-state index in [1.54, 1.807) is 30.3 Å². The molecule has 0 bridgehead atoms. The molecule has 5 nitrogen and oxygen atoms in total. The number of benzene rings is 2. The fourth-order valence-electron chi connectivity index (χ4n) is 2.19. The summed E-state index contributed by atoms with van der Waals surface area (Å²) in [6.45, 7) is 1.32. The van der Waals surface area contributed by atoms with E-state index in [4.69, 9.17) is 9.47 Å². The molecule has 1 N–H and O–H groups in total. The maximum absolute atomic E-state index is 12.2. The highest BCUT2D eigenvalue weighted by molar-refractivity contribution is 9.11. The van der Waals surface area contributed by atoms with E-state index >= 15 is 0 Å². The number of ether oxygens (including phenoxy) is 2. The molecule has 3 rings (SSSR count). The van der Waals surface area contributed by atoms with Gasteiger partial charge in [-0.2, -0.15) is 0 Å². The van der Waals surface area contributed by atoms with Gasteiger partial charge in [-0.3, -0.25) is 9.59 Å². The number of halogens is 3. The predicted molar refractivity (Wildman–Crippen MR) is 105 cm³/mol. The van der Waals surface area contributed by atoms with Gasteiger partial charge in [-0.1, -0.05) is 15.9 Å². The van der Waals surface area contributed by atoms with Gasteiger partial charge in [-0.25, -0.2) is 0 Å². The molecule has 1 aliphatic heterocycles. The predicted octanol–water partition coefficient (Wildman–Crippen LogP) is 5.27. The lowest BCUT2D eigenvalue weighted by Gasteiger charge is -2.20. The fourth-order valence-corrected chi connectivity index (χ4v) is 3.93. The molecule has 0 fully saturated rings. The van der Waals surface area contributed by atoms with E-state index in [1.807, 2.05) is 6.07 Å². The Morgan fingerprint density at radius 3 is 2.48 bits per heavy atom. The average Bonchev–Trinajstić information content (AvgIpc) is 2.52. The maximum atomic E-state index is 12.2. The minimum atomic E-state index is -0.426. The van der Waals surface area contributed by atoms with E-state index < -0.39 is 5.97 Å². The molecule has 1 aliphatic rings. The van der Waals surface area contributed by atoms with Crippen molar-refractivity contribution in [3.05, 3.63) is 55.1 Å². The Morgan fingerprint density at radius 1 is 1.16 bits per heavy atom. The highest BCUT2D eigenvalue weighted by atomic mass is 79.9. The molecule has 1 amide bonds. The van der Waals surface area contributed by atoms with Gasteiger partial charge >= 0.3 is 5.97 Å². The number of nitrogens with one attached hydrogen (secondary N) is 1. The van der Waals surface area contributed by atoms with Crippen molar-refractivity contribution in [2.24, 2.45) is 0 Å². The number of hydrogen-bond acceptors (Lipinski definition) is 4. The second kappa shape index (κ2) is 7.31. The first-order valence-corrected chi connectivity index (χ1v) is 9.39. The molecular weight excluding hydrogens is 522 g/mol. The van der Waals surface area contributed by atoms with Crippen LogP contribution >= 0.6 is 47.8 Å². The minimum Gasteiger partial charge on any atom is -0.449 e. The van der Waals surface area contributed by atoms with Gasteiger partial charge in [0.25, 0.3) is 5.91 Å². The third-order valence-electron chi connectivity index (χ3n) is 3.20. The summed E-state index contributed by atoms with van der Waals surface area (Å²) in [6, 6.07) is 8.82. The van der Waals surface area contributed by atoms with Crippen LogP contribution in [0.2, 0.25) is 0 Å². The number of hydrogen-bond donors (Lipinski definition) is 1. The molecule has 0 aliphatic carbocycles. The summed E-state index contributed by atoms with van der Waals surface area (Å²) in [6.07, 6.45) is 1.60. The molecule has 0 unspecified atom stereocenters. The van der Waals surface area contributed by atoms with Crippen molar-refractivity contribution in [2.75, 3.05) is 5.32 Å². The lowest BCUT2D eigenvalue weighted by Crippen LogP contribution is -2.23. The molecular formula is C17H10Br3NO4. The number of rotatable bonds is 2. The molecule has 2 aromatic rings. The zero-order chi connectivity index (χ0) is 18.1. The first-order chi connectivity index (χ1) is 11.8. The van der Waals surface area contributed by atoms with Gasteiger partial charge in [0, 0.05) is 11.4 Å². The van der Waals surface area contributed by atoms with Gasteiger partial charge in [0.1, 0.15) is 0 Å². The van der Waals surface area contributed by atoms with Crippen LogP contribution < -0.4 is 14.8 Å². The average molecular weight is 532 g/mol. The van der Waals surface area contributed by atoms with E-state index in [0.29, 0.717) is 31.7 Å². The van der Waals surface area contributed by atoms with Crippen molar-refractivity contribution >= 4 is 71.4 Å². The molecule has 0 radical (unpaired) electrons. The van der Waals surface area contributed by atoms with Gasteiger partial charge in [-0.05, 0) is 73.8 Å². The Morgan fingerprint density at radius 2 is 1.84 bits per heavy atom. The van der Waals surface area contributed by atoms with Crippen molar-refractivity contribution in [3.8, 4) is 11.5 Å². The van der Waals surface area contributed by atoms with Crippen LogP contribution in [0.25, 0.3) is 6.08 Å². The fraction of sp³-hybridized carbons (Fsp3) is 0.0588. The molecule has 1 heterocycles. The SMILES string of the molecule is CC(=O)Oc1c(Br)cc(/C=C2\Oc3ccc(Br)cc3NC2=O)cc1Br. The summed E-state index contributed by atoms with van der Waals surface area (Å²) in [7, 11) is 0. The lowest BCUT2D eigenvalue weighted by atomic mass is 10.1. The molecule has 25 heavy (non-hydrogen) atoms. The zero-order valence-electron chi connectivity index (χ0n) is 12.7. The second-order valence-electron chi connectivity index (χ2n) is 5.11. The van der Waals surface area contributed by atoms with Crippen LogP contribution in [-0.2, 0) is 9.59 Å². The van der Waals surface area contributed by atoms with Crippen LogP contribution in [0.5, 0.6) is 11.5 Å². The van der Waals surface area contributed by atoms with Crippen LogP contribution in [0.3, 0.4) is 0 Å². The van der Waals surface area contributed by atoms with E-state index in [2.05, 4.69) is 53.1 Å². The summed E-state index contributed by atoms with van der Waals surface area (Å²) < 4.78 is 12.8. The van der Waals surface area contributed by atoms with Crippen molar-refractivity contribution < 1.29 is 19.1 Å². The van der Waals surface area contributed by atoms with Gasteiger partial charge < -0.3 is 14.8 Å². The Balaban J connectivity index is 1.94. The largest absolute Gasteiger partial charge is 0.449 e. The third kappa shape index (κ3) is 4.13. The zero-order valence-corrected chi connectivity index (χ0v) is 17.5. The Hall–Kier alpha value is -1.64. The van der Waals surface area contributed by atoms with Crippen LogP contribution in [0.1, 0.15) is 12.5 Å². The topological polar surface area (TPSA) is 64.6 Å². The van der Waals surface area contributed by atoms with Gasteiger partial charge in [0.2, 0.25) is 0 Å². The molecule has 0 saturated carbocycles. The summed E-state index contributed by atoms with van der Waals surface area (Å²) in [5.41, 5.74) is 1.30. The minimum absolute atomic E-state index is 0.161. The molecule has 8 heteroatoms. The van der Waals surface area contributed by atoms with Crippen LogP contribution in [-0.4, -0.2) is 11.9 Å². The van der Waals surface area contributed by atoms with Gasteiger partial charge in [-0.15, -0.1) is 0 Å². The Kier molecular flexibility index (Phi) is 5.31. The standard InChI is InChI=1S/C17H10Br3NO4/c1-8(22)24-16-11(19)4-9(5-12(16)20)6-15-17(23)21-13-7-10(18)2-3-14(13)25-15/h2-7H,1H3,(H,21,23)/b15-6-. The number of esters is 1.